The van der Waals surface area contributed by atoms with Gasteiger partial charge in [0.2, 0.25) is 10.0 Å². The minimum Gasteiger partial charge on any atom is -0.242 e. The van der Waals surface area contributed by atoms with Crippen LogP contribution in [-0.2, 0) is 10.0 Å². The Labute approximate surface area is 118 Å². The number of rotatable bonds is 5. The van der Waals surface area contributed by atoms with E-state index in [2.05, 4.69) is 9.71 Å². The molecule has 1 atom stereocenters. The first-order valence-corrected chi connectivity index (χ1v) is 7.85. The van der Waals surface area contributed by atoms with Crippen LogP contribution in [0.2, 0.25) is 10.2 Å². The summed E-state index contributed by atoms with van der Waals surface area (Å²) < 4.78 is 26.9. The molecule has 1 heterocycles. The van der Waals surface area contributed by atoms with Crippen LogP contribution in [0.4, 0.5) is 0 Å². The molecular weight excluding hydrogens is 295 g/mol. The summed E-state index contributed by atoms with van der Waals surface area (Å²) >= 11 is 11.4. The third-order valence-electron chi connectivity index (χ3n) is 2.63. The second kappa shape index (κ2) is 6.19. The van der Waals surface area contributed by atoms with Gasteiger partial charge in [-0.05, 0) is 18.4 Å². The Balaban J connectivity index is 3.02. The molecule has 0 aliphatic carbocycles. The molecule has 7 heteroatoms. The van der Waals surface area contributed by atoms with Gasteiger partial charge in [-0.2, -0.15) is 0 Å². The van der Waals surface area contributed by atoms with E-state index in [1.165, 1.54) is 12.3 Å². The molecule has 1 aromatic heterocycles. The van der Waals surface area contributed by atoms with Crippen molar-refractivity contribution in [1.82, 2.24) is 9.71 Å². The average Bonchev–Trinajstić information content (AvgIpc) is 2.29. The van der Waals surface area contributed by atoms with Crippen molar-refractivity contribution < 1.29 is 8.42 Å². The van der Waals surface area contributed by atoms with Gasteiger partial charge in [-0.1, -0.05) is 44.0 Å². The third kappa shape index (κ3) is 3.82. The van der Waals surface area contributed by atoms with Gasteiger partial charge in [0.1, 0.15) is 10.0 Å². The predicted molar refractivity (Wildman–Crippen MR) is 73.5 cm³/mol. The maximum absolute atomic E-state index is 12.1. The highest BCUT2D eigenvalue weighted by Gasteiger charge is 2.22. The van der Waals surface area contributed by atoms with E-state index in [1.54, 1.807) is 0 Å². The fraction of sp³-hybridized carbons (Fsp3) is 0.545. The topological polar surface area (TPSA) is 59.1 Å². The first kappa shape index (κ1) is 15.7. The van der Waals surface area contributed by atoms with Gasteiger partial charge in [-0.15, -0.1) is 0 Å². The highest BCUT2D eigenvalue weighted by atomic mass is 35.5. The van der Waals surface area contributed by atoms with Gasteiger partial charge in [0.05, 0.1) is 5.02 Å². The number of nitrogens with zero attached hydrogens (tertiary/aromatic N) is 1. The van der Waals surface area contributed by atoms with E-state index < -0.39 is 10.0 Å². The lowest BCUT2D eigenvalue weighted by atomic mass is 10.0. The summed E-state index contributed by atoms with van der Waals surface area (Å²) in [6, 6.07) is 1.18. The summed E-state index contributed by atoms with van der Waals surface area (Å²) in [5.74, 6) is 0.209. The molecule has 0 radical (unpaired) electrons. The third-order valence-corrected chi connectivity index (χ3v) is 4.78. The molecule has 1 rings (SSSR count). The maximum atomic E-state index is 12.1. The summed E-state index contributed by atoms with van der Waals surface area (Å²) in [4.78, 5) is 3.76. The standard InChI is InChI=1S/C11H16Cl2N2O2S/c1-4-10(7(2)3)15-18(16,17)8-5-9(12)11(13)14-6-8/h5-7,10,15H,4H2,1-3H3. The Hall–Kier alpha value is -0.360. The Bertz CT molecular complexity index is 518. The van der Waals surface area contributed by atoms with Gasteiger partial charge >= 0.3 is 0 Å². The van der Waals surface area contributed by atoms with Gasteiger partial charge < -0.3 is 0 Å². The molecule has 0 amide bonds. The zero-order valence-corrected chi connectivity index (χ0v) is 12.8. The lowest BCUT2D eigenvalue weighted by molar-refractivity contribution is 0.437. The number of hydrogen-bond acceptors (Lipinski definition) is 3. The van der Waals surface area contributed by atoms with Crippen LogP contribution in [0.15, 0.2) is 17.2 Å². The van der Waals surface area contributed by atoms with Crippen molar-refractivity contribution in [2.24, 2.45) is 5.92 Å². The molecule has 0 aromatic carbocycles. The largest absolute Gasteiger partial charge is 0.242 e. The van der Waals surface area contributed by atoms with Crippen LogP contribution in [0.5, 0.6) is 0 Å². The van der Waals surface area contributed by atoms with Crippen molar-refractivity contribution in [1.29, 1.82) is 0 Å². The number of nitrogens with one attached hydrogen (secondary N) is 1. The highest BCUT2D eigenvalue weighted by molar-refractivity contribution is 7.89. The van der Waals surface area contributed by atoms with Gasteiger partial charge in [0, 0.05) is 12.2 Å². The summed E-state index contributed by atoms with van der Waals surface area (Å²) in [6.45, 7) is 5.85. The molecule has 18 heavy (non-hydrogen) atoms. The normalized spacial score (nSPS) is 13.9. The highest BCUT2D eigenvalue weighted by Crippen LogP contribution is 2.22. The van der Waals surface area contributed by atoms with E-state index in [0.717, 1.165) is 0 Å². The van der Waals surface area contributed by atoms with Crippen LogP contribution < -0.4 is 4.72 Å². The Morgan fingerprint density at radius 1 is 1.39 bits per heavy atom. The summed E-state index contributed by atoms with van der Waals surface area (Å²) in [5, 5.41) is 0.212. The van der Waals surface area contributed by atoms with Crippen molar-refractivity contribution in [3.05, 3.63) is 22.4 Å². The summed E-state index contributed by atoms with van der Waals surface area (Å²) in [7, 11) is -3.61. The van der Waals surface area contributed by atoms with E-state index in [9.17, 15) is 8.42 Å². The molecule has 0 bridgehead atoms. The quantitative estimate of drug-likeness (QED) is 0.850. The van der Waals surface area contributed by atoms with Crippen LogP contribution in [-0.4, -0.2) is 19.4 Å². The predicted octanol–water partition coefficient (Wildman–Crippen LogP) is 3.10. The molecule has 1 N–H and O–H groups in total. The second-order valence-electron chi connectivity index (χ2n) is 4.32. The van der Waals surface area contributed by atoms with Gasteiger partial charge in [0.15, 0.2) is 0 Å². The van der Waals surface area contributed by atoms with Crippen LogP contribution in [0.25, 0.3) is 0 Å². The van der Waals surface area contributed by atoms with Crippen LogP contribution in [0, 0.1) is 5.92 Å². The van der Waals surface area contributed by atoms with Crippen LogP contribution >= 0.6 is 23.2 Å². The lowest BCUT2D eigenvalue weighted by Crippen LogP contribution is -2.38. The lowest BCUT2D eigenvalue weighted by Gasteiger charge is -2.20. The smallest absolute Gasteiger partial charge is 0.242 e. The van der Waals surface area contributed by atoms with E-state index in [1.807, 2.05) is 20.8 Å². The molecule has 1 unspecified atom stereocenters. The zero-order chi connectivity index (χ0) is 13.9. The number of halogens is 2. The molecule has 4 nitrogen and oxygen atoms in total. The first-order valence-electron chi connectivity index (χ1n) is 5.61. The molecular formula is C11H16Cl2N2O2S. The Morgan fingerprint density at radius 3 is 2.44 bits per heavy atom. The molecule has 0 saturated heterocycles. The van der Waals surface area contributed by atoms with Crippen LogP contribution in [0.1, 0.15) is 27.2 Å². The molecule has 0 aliphatic heterocycles. The van der Waals surface area contributed by atoms with Gasteiger partial charge in [-0.3, -0.25) is 0 Å². The number of hydrogen-bond donors (Lipinski definition) is 1. The fourth-order valence-electron chi connectivity index (χ4n) is 1.51. The van der Waals surface area contributed by atoms with Gasteiger partial charge in [0.25, 0.3) is 0 Å². The van der Waals surface area contributed by atoms with Crippen LogP contribution in [0.3, 0.4) is 0 Å². The van der Waals surface area contributed by atoms with E-state index in [4.69, 9.17) is 23.2 Å². The van der Waals surface area contributed by atoms with E-state index in [0.29, 0.717) is 6.42 Å². The average molecular weight is 311 g/mol. The van der Waals surface area contributed by atoms with Gasteiger partial charge in [-0.25, -0.2) is 18.1 Å². The van der Waals surface area contributed by atoms with Crippen molar-refractivity contribution in [2.45, 2.75) is 38.1 Å². The van der Waals surface area contributed by atoms with E-state index in [-0.39, 0.29) is 27.0 Å². The summed E-state index contributed by atoms with van der Waals surface area (Å²) in [6.07, 6.45) is 1.91. The van der Waals surface area contributed by atoms with Crippen molar-refractivity contribution in [3.8, 4) is 0 Å². The summed E-state index contributed by atoms with van der Waals surface area (Å²) in [5.41, 5.74) is 0. The maximum Gasteiger partial charge on any atom is 0.242 e. The second-order valence-corrected chi connectivity index (χ2v) is 6.80. The SMILES string of the molecule is CCC(NS(=O)(=O)c1cnc(Cl)c(Cl)c1)C(C)C. The molecule has 0 aliphatic rings. The number of sulfonamides is 1. The first-order chi connectivity index (χ1) is 8.27. The van der Waals surface area contributed by atoms with Crippen molar-refractivity contribution in [2.75, 3.05) is 0 Å². The Kier molecular flexibility index (Phi) is 5.40. The fourth-order valence-corrected chi connectivity index (χ4v) is 3.28. The van der Waals surface area contributed by atoms with Crippen molar-refractivity contribution >= 4 is 33.2 Å². The molecule has 102 valence electrons. The number of pyridine rings is 1. The molecule has 1 aromatic rings. The molecule has 0 spiro atoms. The minimum absolute atomic E-state index is 0.0241. The monoisotopic (exact) mass is 310 g/mol. The minimum atomic E-state index is -3.61. The van der Waals surface area contributed by atoms with E-state index >= 15 is 0 Å². The number of aromatic nitrogens is 1. The molecule has 0 saturated carbocycles. The molecule has 0 fully saturated rings. The Morgan fingerprint density at radius 2 is 2.00 bits per heavy atom. The van der Waals surface area contributed by atoms with Crippen molar-refractivity contribution in [3.63, 3.8) is 0 Å². The zero-order valence-electron chi connectivity index (χ0n) is 10.4.